The van der Waals surface area contributed by atoms with Crippen LogP contribution in [0.4, 0.5) is 11.4 Å². The fourth-order valence-electron chi connectivity index (χ4n) is 1.55. The standard InChI is InChI=1S/C9H13N3O2/c10-7-6-11-9(13)5-8(7)12-1-3-14-4-2-12/h5-6H,1-4,10H2,(H,11,13). The van der Waals surface area contributed by atoms with E-state index in [2.05, 4.69) is 9.88 Å². The van der Waals surface area contributed by atoms with Crippen molar-refractivity contribution in [3.8, 4) is 0 Å². The first-order valence-corrected chi connectivity index (χ1v) is 4.58. The number of hydrogen-bond donors (Lipinski definition) is 2. The summed E-state index contributed by atoms with van der Waals surface area (Å²) in [6.45, 7) is 2.94. The molecule has 0 aliphatic carbocycles. The van der Waals surface area contributed by atoms with Crippen molar-refractivity contribution in [3.05, 3.63) is 22.6 Å². The van der Waals surface area contributed by atoms with Crippen LogP contribution in [0.5, 0.6) is 0 Å². The predicted molar refractivity (Wildman–Crippen MR) is 54.5 cm³/mol. The van der Waals surface area contributed by atoms with Crippen LogP contribution >= 0.6 is 0 Å². The molecule has 0 saturated carbocycles. The Labute approximate surface area is 81.5 Å². The Morgan fingerprint density at radius 3 is 2.86 bits per heavy atom. The van der Waals surface area contributed by atoms with E-state index in [4.69, 9.17) is 10.5 Å². The van der Waals surface area contributed by atoms with Crippen molar-refractivity contribution in [1.82, 2.24) is 4.98 Å². The molecule has 0 bridgehead atoms. The molecule has 1 saturated heterocycles. The number of anilines is 2. The molecule has 1 aromatic heterocycles. The first kappa shape index (κ1) is 9.08. The SMILES string of the molecule is Nc1c[nH]c(=O)cc1N1CCOCC1. The lowest BCUT2D eigenvalue weighted by atomic mass is 10.3. The second-order valence-corrected chi connectivity index (χ2v) is 3.24. The summed E-state index contributed by atoms with van der Waals surface area (Å²) in [4.78, 5) is 15.7. The van der Waals surface area contributed by atoms with Gasteiger partial charge >= 0.3 is 0 Å². The van der Waals surface area contributed by atoms with Crippen molar-refractivity contribution in [1.29, 1.82) is 0 Å². The van der Waals surface area contributed by atoms with Gasteiger partial charge in [0.15, 0.2) is 0 Å². The quantitative estimate of drug-likeness (QED) is 0.650. The molecule has 1 aliphatic rings. The first-order valence-electron chi connectivity index (χ1n) is 4.58. The van der Waals surface area contributed by atoms with Gasteiger partial charge < -0.3 is 20.4 Å². The number of nitrogen functional groups attached to an aromatic ring is 1. The van der Waals surface area contributed by atoms with Crippen molar-refractivity contribution in [2.75, 3.05) is 36.9 Å². The smallest absolute Gasteiger partial charge is 0.250 e. The Kier molecular flexibility index (Phi) is 2.41. The third-order valence-electron chi connectivity index (χ3n) is 2.29. The highest BCUT2D eigenvalue weighted by atomic mass is 16.5. The van der Waals surface area contributed by atoms with Gasteiger partial charge in [0.1, 0.15) is 0 Å². The number of rotatable bonds is 1. The summed E-state index contributed by atoms with van der Waals surface area (Å²) in [5.41, 5.74) is 7.05. The second kappa shape index (κ2) is 3.71. The monoisotopic (exact) mass is 195 g/mol. The third-order valence-corrected chi connectivity index (χ3v) is 2.29. The highest BCUT2D eigenvalue weighted by Crippen LogP contribution is 2.20. The van der Waals surface area contributed by atoms with Crippen LogP contribution in [-0.4, -0.2) is 31.3 Å². The van der Waals surface area contributed by atoms with Crippen molar-refractivity contribution in [2.24, 2.45) is 0 Å². The van der Waals surface area contributed by atoms with Gasteiger partial charge in [0.05, 0.1) is 24.6 Å². The molecular weight excluding hydrogens is 182 g/mol. The number of hydrogen-bond acceptors (Lipinski definition) is 4. The van der Waals surface area contributed by atoms with Gasteiger partial charge in [-0.1, -0.05) is 0 Å². The normalized spacial score (nSPS) is 17.0. The summed E-state index contributed by atoms with van der Waals surface area (Å²) < 4.78 is 5.22. The molecule has 1 aromatic rings. The zero-order valence-corrected chi connectivity index (χ0v) is 7.82. The van der Waals surface area contributed by atoms with Crippen LogP contribution in [0.15, 0.2) is 17.1 Å². The van der Waals surface area contributed by atoms with Crippen molar-refractivity contribution < 1.29 is 4.74 Å². The van der Waals surface area contributed by atoms with Gasteiger partial charge in [0.2, 0.25) is 5.56 Å². The molecule has 1 fully saturated rings. The second-order valence-electron chi connectivity index (χ2n) is 3.24. The summed E-state index contributed by atoms with van der Waals surface area (Å²) in [6.07, 6.45) is 1.53. The lowest BCUT2D eigenvalue weighted by molar-refractivity contribution is 0.123. The Bertz CT molecular complexity index is 369. The van der Waals surface area contributed by atoms with Gasteiger partial charge in [-0.15, -0.1) is 0 Å². The minimum Gasteiger partial charge on any atom is -0.396 e. The molecule has 0 spiro atoms. The van der Waals surface area contributed by atoms with Crippen LogP contribution in [0.3, 0.4) is 0 Å². The van der Waals surface area contributed by atoms with E-state index < -0.39 is 0 Å². The number of nitrogens with zero attached hydrogens (tertiary/aromatic N) is 1. The highest BCUT2D eigenvalue weighted by Gasteiger charge is 2.13. The molecule has 14 heavy (non-hydrogen) atoms. The van der Waals surface area contributed by atoms with E-state index >= 15 is 0 Å². The van der Waals surface area contributed by atoms with Crippen LogP contribution < -0.4 is 16.2 Å². The average Bonchev–Trinajstić information content (AvgIpc) is 2.23. The maximum absolute atomic E-state index is 11.1. The van der Waals surface area contributed by atoms with Crippen LogP contribution in [0.1, 0.15) is 0 Å². The predicted octanol–water partition coefficient (Wildman–Crippen LogP) is -0.206. The number of aromatic amines is 1. The average molecular weight is 195 g/mol. The van der Waals surface area contributed by atoms with E-state index in [1.807, 2.05) is 0 Å². The number of ether oxygens (including phenoxy) is 1. The fourth-order valence-corrected chi connectivity index (χ4v) is 1.55. The zero-order valence-electron chi connectivity index (χ0n) is 7.82. The van der Waals surface area contributed by atoms with E-state index in [9.17, 15) is 4.79 Å². The maximum Gasteiger partial charge on any atom is 0.250 e. The molecule has 1 aliphatic heterocycles. The van der Waals surface area contributed by atoms with Gasteiger partial charge in [-0.3, -0.25) is 4.79 Å². The molecule has 3 N–H and O–H groups in total. The topological polar surface area (TPSA) is 71.4 Å². The summed E-state index contributed by atoms with van der Waals surface area (Å²) >= 11 is 0. The van der Waals surface area contributed by atoms with Crippen LogP contribution in [0.2, 0.25) is 0 Å². The van der Waals surface area contributed by atoms with Crippen LogP contribution in [0.25, 0.3) is 0 Å². The largest absolute Gasteiger partial charge is 0.396 e. The number of H-pyrrole nitrogens is 1. The van der Waals surface area contributed by atoms with Gasteiger partial charge in [0.25, 0.3) is 0 Å². The van der Waals surface area contributed by atoms with E-state index in [1.165, 1.54) is 12.3 Å². The Morgan fingerprint density at radius 1 is 1.43 bits per heavy atom. The molecule has 0 radical (unpaired) electrons. The number of aromatic nitrogens is 1. The molecule has 5 nitrogen and oxygen atoms in total. The number of morpholine rings is 1. The number of nitrogens with one attached hydrogen (secondary N) is 1. The lowest BCUT2D eigenvalue weighted by Gasteiger charge is -2.29. The summed E-state index contributed by atoms with van der Waals surface area (Å²) in [5, 5.41) is 0. The Hall–Kier alpha value is -1.49. The van der Waals surface area contributed by atoms with Crippen molar-refractivity contribution >= 4 is 11.4 Å². The van der Waals surface area contributed by atoms with Gasteiger partial charge in [-0.2, -0.15) is 0 Å². The van der Waals surface area contributed by atoms with Crippen LogP contribution in [-0.2, 0) is 4.74 Å². The molecule has 76 valence electrons. The van der Waals surface area contributed by atoms with Crippen LogP contribution in [0, 0.1) is 0 Å². The molecule has 0 amide bonds. The summed E-state index contributed by atoms with van der Waals surface area (Å²) in [7, 11) is 0. The number of pyridine rings is 1. The minimum atomic E-state index is -0.124. The first-order chi connectivity index (χ1) is 6.77. The fraction of sp³-hybridized carbons (Fsp3) is 0.444. The van der Waals surface area contributed by atoms with Gasteiger partial charge in [-0.05, 0) is 0 Å². The lowest BCUT2D eigenvalue weighted by Crippen LogP contribution is -2.37. The molecular formula is C9H13N3O2. The van der Waals surface area contributed by atoms with Crippen molar-refractivity contribution in [3.63, 3.8) is 0 Å². The summed E-state index contributed by atoms with van der Waals surface area (Å²) in [6, 6.07) is 1.53. The molecule has 0 unspecified atom stereocenters. The van der Waals surface area contributed by atoms with Crippen molar-refractivity contribution in [2.45, 2.75) is 0 Å². The zero-order chi connectivity index (χ0) is 9.97. The minimum absolute atomic E-state index is 0.124. The molecule has 0 aromatic carbocycles. The van der Waals surface area contributed by atoms with E-state index in [0.717, 1.165) is 18.8 Å². The third kappa shape index (κ3) is 1.72. The van der Waals surface area contributed by atoms with E-state index in [-0.39, 0.29) is 5.56 Å². The molecule has 2 rings (SSSR count). The highest BCUT2D eigenvalue weighted by molar-refractivity contribution is 5.65. The Balaban J connectivity index is 2.29. The maximum atomic E-state index is 11.1. The molecule has 0 atom stereocenters. The molecule has 2 heterocycles. The van der Waals surface area contributed by atoms with E-state index in [0.29, 0.717) is 18.9 Å². The Morgan fingerprint density at radius 2 is 2.14 bits per heavy atom. The summed E-state index contributed by atoms with van der Waals surface area (Å²) in [5.74, 6) is 0. The molecule has 5 heteroatoms. The van der Waals surface area contributed by atoms with Gasteiger partial charge in [-0.25, -0.2) is 0 Å². The number of nitrogens with two attached hydrogens (primary N) is 1. The van der Waals surface area contributed by atoms with Gasteiger partial charge in [0, 0.05) is 25.4 Å². The van der Waals surface area contributed by atoms with E-state index in [1.54, 1.807) is 0 Å².